The molecule has 0 N–H and O–H groups in total. The van der Waals surface area contributed by atoms with Gasteiger partial charge in [0.1, 0.15) is 12.4 Å². The predicted molar refractivity (Wildman–Crippen MR) is 69.5 cm³/mol. The van der Waals surface area contributed by atoms with Crippen molar-refractivity contribution in [3.05, 3.63) is 42.0 Å². The summed E-state index contributed by atoms with van der Waals surface area (Å²) >= 11 is 3.29. The van der Waals surface area contributed by atoms with E-state index in [9.17, 15) is 4.79 Å². The van der Waals surface area contributed by atoms with Crippen LogP contribution in [0.5, 0.6) is 5.75 Å². The van der Waals surface area contributed by atoms with E-state index in [1.54, 1.807) is 6.07 Å². The minimum absolute atomic E-state index is 0.111. The van der Waals surface area contributed by atoms with Crippen LogP contribution in [0, 0.1) is 0 Å². The first-order chi connectivity index (χ1) is 7.79. The highest BCUT2D eigenvalue weighted by atomic mass is 79.9. The molecule has 0 fully saturated rings. The fourth-order valence-corrected chi connectivity index (χ4v) is 1.55. The van der Waals surface area contributed by atoms with Gasteiger partial charge in [-0.15, -0.1) is 0 Å². The second-order valence-electron chi connectivity index (χ2n) is 3.21. The lowest BCUT2D eigenvalue weighted by Gasteiger charge is -2.07. The lowest BCUT2D eigenvalue weighted by Crippen LogP contribution is -2.02. The Hall–Kier alpha value is -1.09. The van der Waals surface area contributed by atoms with Crippen molar-refractivity contribution in [3.8, 4) is 5.75 Å². The molecule has 0 amide bonds. The van der Waals surface area contributed by atoms with Gasteiger partial charge in [-0.3, -0.25) is 4.79 Å². The molecule has 1 rings (SSSR count). The number of Topliss-reactive ketones (excluding diaryl/α,β-unsaturated/α-hetero) is 1. The lowest BCUT2D eigenvalue weighted by atomic mass is 10.1. The van der Waals surface area contributed by atoms with Gasteiger partial charge >= 0.3 is 0 Å². The molecule has 0 saturated heterocycles. The van der Waals surface area contributed by atoms with E-state index in [1.165, 1.54) is 0 Å². The van der Waals surface area contributed by atoms with Crippen LogP contribution in [0.2, 0.25) is 0 Å². The number of halogens is 1. The van der Waals surface area contributed by atoms with E-state index in [4.69, 9.17) is 4.74 Å². The molecule has 1 aromatic rings. The first-order valence-corrected chi connectivity index (χ1v) is 6.37. The summed E-state index contributed by atoms with van der Waals surface area (Å²) in [5, 5.41) is 0.811. The largest absolute Gasteiger partial charge is 0.489 e. The quantitative estimate of drug-likeness (QED) is 0.453. The van der Waals surface area contributed by atoms with Crippen LogP contribution in [0.15, 0.2) is 36.4 Å². The maximum atomic E-state index is 11.6. The molecule has 0 aliphatic rings. The van der Waals surface area contributed by atoms with E-state index >= 15 is 0 Å². The highest BCUT2D eigenvalue weighted by molar-refractivity contribution is 9.09. The number of carbonyl (C=O) groups excluding carboxylic acids is 1. The molecule has 0 unspecified atom stereocenters. The van der Waals surface area contributed by atoms with Gasteiger partial charge in [0.05, 0.1) is 5.56 Å². The zero-order valence-corrected chi connectivity index (χ0v) is 10.9. The summed E-state index contributed by atoms with van der Waals surface area (Å²) < 4.78 is 5.53. The third-order valence-electron chi connectivity index (χ3n) is 2.10. The summed E-state index contributed by atoms with van der Waals surface area (Å²) in [6.45, 7) is 2.34. The van der Waals surface area contributed by atoms with Gasteiger partial charge in [0.15, 0.2) is 5.78 Å². The summed E-state index contributed by atoms with van der Waals surface area (Å²) in [6.07, 6.45) is 4.38. The molecule has 0 saturated carbocycles. The van der Waals surface area contributed by atoms with Crippen molar-refractivity contribution in [3.63, 3.8) is 0 Å². The van der Waals surface area contributed by atoms with E-state index in [2.05, 4.69) is 15.9 Å². The first-order valence-electron chi connectivity index (χ1n) is 5.25. The van der Waals surface area contributed by atoms with Crippen LogP contribution in [-0.4, -0.2) is 17.7 Å². The molecule has 3 heteroatoms. The van der Waals surface area contributed by atoms with E-state index in [-0.39, 0.29) is 5.78 Å². The third kappa shape index (κ3) is 3.81. The second kappa shape index (κ2) is 7.23. The summed E-state index contributed by atoms with van der Waals surface area (Å²) in [4.78, 5) is 11.6. The third-order valence-corrected chi connectivity index (χ3v) is 2.47. The van der Waals surface area contributed by atoms with E-state index in [1.807, 2.05) is 37.3 Å². The number of rotatable bonds is 6. The Balaban J connectivity index is 2.71. The minimum Gasteiger partial charge on any atom is -0.489 e. The minimum atomic E-state index is 0.111. The average molecular weight is 283 g/mol. The number of benzene rings is 1. The Morgan fingerprint density at radius 2 is 2.12 bits per heavy atom. The normalized spacial score (nSPS) is 10.6. The molecule has 86 valence electrons. The van der Waals surface area contributed by atoms with Crippen molar-refractivity contribution in [2.75, 3.05) is 11.9 Å². The van der Waals surface area contributed by atoms with Gasteiger partial charge < -0.3 is 4.74 Å². The molecule has 0 heterocycles. The van der Waals surface area contributed by atoms with Crippen LogP contribution >= 0.6 is 15.9 Å². The average Bonchev–Trinajstić information content (AvgIpc) is 2.34. The molecular weight excluding hydrogens is 268 g/mol. The van der Waals surface area contributed by atoms with Gasteiger partial charge in [-0.1, -0.05) is 47.1 Å². The standard InChI is InChI=1S/C13H15BrO2/c1-2-12(15)11-7-3-4-8-13(11)16-10-6-5-9-14/h3-8H,2,9-10H2,1H3. The van der Waals surface area contributed by atoms with Crippen LogP contribution in [0.1, 0.15) is 23.7 Å². The van der Waals surface area contributed by atoms with Gasteiger partial charge in [-0.2, -0.15) is 0 Å². The second-order valence-corrected chi connectivity index (χ2v) is 3.86. The molecule has 0 aromatic heterocycles. The molecule has 1 aromatic carbocycles. The highest BCUT2D eigenvalue weighted by Crippen LogP contribution is 2.19. The molecule has 2 nitrogen and oxygen atoms in total. The molecule has 0 radical (unpaired) electrons. The van der Waals surface area contributed by atoms with Gasteiger partial charge in [0.2, 0.25) is 0 Å². The van der Waals surface area contributed by atoms with Crippen LogP contribution in [0.4, 0.5) is 0 Å². The van der Waals surface area contributed by atoms with Gasteiger partial charge in [0, 0.05) is 11.8 Å². The number of allylic oxidation sites excluding steroid dienone is 1. The van der Waals surface area contributed by atoms with Crippen LogP contribution in [-0.2, 0) is 0 Å². The number of ether oxygens (including phenoxy) is 1. The fraction of sp³-hybridized carbons (Fsp3) is 0.308. The molecular formula is C13H15BrO2. The Labute approximate surface area is 104 Å². The zero-order valence-electron chi connectivity index (χ0n) is 9.28. The van der Waals surface area contributed by atoms with Gasteiger partial charge in [0.25, 0.3) is 0 Å². The molecule has 0 atom stereocenters. The van der Waals surface area contributed by atoms with E-state index in [0.717, 1.165) is 5.33 Å². The lowest BCUT2D eigenvalue weighted by molar-refractivity contribution is 0.0984. The number of alkyl halides is 1. The molecule has 16 heavy (non-hydrogen) atoms. The van der Waals surface area contributed by atoms with Crippen LogP contribution < -0.4 is 4.74 Å². The summed E-state index contributed by atoms with van der Waals surface area (Å²) in [6, 6.07) is 7.35. The number of ketones is 1. The van der Waals surface area contributed by atoms with Crippen LogP contribution in [0.25, 0.3) is 0 Å². The number of carbonyl (C=O) groups is 1. The maximum absolute atomic E-state index is 11.6. The summed E-state index contributed by atoms with van der Waals surface area (Å²) in [5.41, 5.74) is 0.664. The Morgan fingerprint density at radius 1 is 1.38 bits per heavy atom. The Bertz CT molecular complexity index is 372. The van der Waals surface area contributed by atoms with Crippen molar-refractivity contribution in [2.45, 2.75) is 13.3 Å². The van der Waals surface area contributed by atoms with E-state index < -0.39 is 0 Å². The molecule has 0 bridgehead atoms. The summed E-state index contributed by atoms with van der Waals surface area (Å²) in [5.74, 6) is 0.772. The monoisotopic (exact) mass is 282 g/mol. The first kappa shape index (κ1) is 13.0. The Morgan fingerprint density at radius 3 is 2.81 bits per heavy atom. The SMILES string of the molecule is CCC(=O)c1ccccc1OCC=CCBr. The van der Waals surface area contributed by atoms with Crippen molar-refractivity contribution >= 4 is 21.7 Å². The van der Waals surface area contributed by atoms with Crippen molar-refractivity contribution in [2.24, 2.45) is 0 Å². The smallest absolute Gasteiger partial charge is 0.166 e. The van der Waals surface area contributed by atoms with Crippen LogP contribution in [0.3, 0.4) is 0 Å². The fourth-order valence-electron chi connectivity index (χ4n) is 1.28. The number of hydrogen-bond donors (Lipinski definition) is 0. The van der Waals surface area contributed by atoms with Crippen molar-refractivity contribution in [1.29, 1.82) is 0 Å². The topological polar surface area (TPSA) is 26.3 Å². The Kier molecular flexibility index (Phi) is 5.86. The molecule has 0 spiro atoms. The number of para-hydroxylation sites is 1. The number of hydrogen-bond acceptors (Lipinski definition) is 2. The van der Waals surface area contributed by atoms with Gasteiger partial charge in [-0.05, 0) is 12.1 Å². The highest BCUT2D eigenvalue weighted by Gasteiger charge is 2.08. The van der Waals surface area contributed by atoms with E-state index in [0.29, 0.717) is 24.3 Å². The predicted octanol–water partition coefficient (Wildman–Crippen LogP) is 3.61. The molecule has 0 aliphatic carbocycles. The van der Waals surface area contributed by atoms with Crippen molar-refractivity contribution < 1.29 is 9.53 Å². The molecule has 0 aliphatic heterocycles. The van der Waals surface area contributed by atoms with Gasteiger partial charge in [-0.25, -0.2) is 0 Å². The van der Waals surface area contributed by atoms with Crippen molar-refractivity contribution in [1.82, 2.24) is 0 Å². The zero-order chi connectivity index (χ0) is 11.8. The summed E-state index contributed by atoms with van der Waals surface area (Å²) in [7, 11) is 0. The maximum Gasteiger partial charge on any atom is 0.166 e.